The Balaban J connectivity index is 1.68. The van der Waals surface area contributed by atoms with Gasteiger partial charge in [0.15, 0.2) is 0 Å². The number of hydrogen-bond acceptors (Lipinski definition) is 2. The molecule has 2 nitrogen and oxygen atoms in total. The molecule has 0 aromatic heterocycles. The van der Waals surface area contributed by atoms with Crippen molar-refractivity contribution in [3.63, 3.8) is 0 Å². The first kappa shape index (κ1) is 13.3. The molecule has 2 atom stereocenters. The molecule has 0 fully saturated rings. The number of aliphatic hydroxyl groups excluding tert-OH is 1. The van der Waals surface area contributed by atoms with Gasteiger partial charge >= 0.3 is 0 Å². The van der Waals surface area contributed by atoms with E-state index in [1.807, 2.05) is 18.2 Å². The normalized spacial score (nSPS) is 21.5. The molecule has 2 aromatic rings. The Morgan fingerprint density at radius 3 is 2.85 bits per heavy atom. The molecule has 0 saturated carbocycles. The number of aliphatic hydroxyl groups is 1. The zero-order valence-corrected chi connectivity index (χ0v) is 11.8. The molecule has 20 heavy (non-hydrogen) atoms. The molecule has 2 N–H and O–H groups in total. The van der Waals surface area contributed by atoms with Crippen molar-refractivity contribution in [3.05, 3.63) is 70.8 Å². The molecular weight excluding hydrogens is 246 g/mol. The number of rotatable bonds is 3. The smallest absolute Gasteiger partial charge is 0.0945 e. The molecule has 0 heterocycles. The Kier molecular flexibility index (Phi) is 3.86. The van der Waals surface area contributed by atoms with Crippen LogP contribution in [0.3, 0.4) is 0 Å². The van der Waals surface area contributed by atoms with Crippen LogP contribution in [0.2, 0.25) is 0 Å². The van der Waals surface area contributed by atoms with Gasteiger partial charge in [0.05, 0.1) is 6.10 Å². The second kappa shape index (κ2) is 5.78. The second-order valence-corrected chi connectivity index (χ2v) is 5.66. The van der Waals surface area contributed by atoms with Crippen molar-refractivity contribution < 1.29 is 5.11 Å². The molecular formula is C18H21NO. The van der Waals surface area contributed by atoms with Crippen LogP contribution < -0.4 is 5.32 Å². The van der Waals surface area contributed by atoms with Gasteiger partial charge in [-0.3, -0.25) is 0 Å². The van der Waals surface area contributed by atoms with E-state index in [0.29, 0.717) is 0 Å². The number of nitrogens with one attached hydrogen (secondary N) is 1. The molecule has 3 rings (SSSR count). The Morgan fingerprint density at radius 2 is 2.00 bits per heavy atom. The highest BCUT2D eigenvalue weighted by Crippen LogP contribution is 2.29. The largest absolute Gasteiger partial charge is 0.387 e. The molecule has 1 aliphatic rings. The maximum absolute atomic E-state index is 10.5. The number of aryl methyl sites for hydroxylation is 2. The summed E-state index contributed by atoms with van der Waals surface area (Å²) in [7, 11) is 0. The van der Waals surface area contributed by atoms with Crippen molar-refractivity contribution >= 4 is 0 Å². The van der Waals surface area contributed by atoms with Crippen molar-refractivity contribution in [1.29, 1.82) is 0 Å². The van der Waals surface area contributed by atoms with Crippen molar-refractivity contribution in [3.8, 4) is 0 Å². The quantitative estimate of drug-likeness (QED) is 0.895. The van der Waals surface area contributed by atoms with Gasteiger partial charge in [0.2, 0.25) is 0 Å². The van der Waals surface area contributed by atoms with Gasteiger partial charge in [-0.1, -0.05) is 54.1 Å². The van der Waals surface area contributed by atoms with E-state index in [9.17, 15) is 5.11 Å². The van der Waals surface area contributed by atoms with Crippen LogP contribution in [0.1, 0.15) is 34.8 Å². The fourth-order valence-corrected chi connectivity index (χ4v) is 3.02. The maximum Gasteiger partial charge on any atom is 0.0945 e. The Hall–Kier alpha value is -1.64. The zero-order valence-electron chi connectivity index (χ0n) is 11.8. The van der Waals surface area contributed by atoms with Crippen LogP contribution in [0, 0.1) is 6.92 Å². The van der Waals surface area contributed by atoms with E-state index in [0.717, 1.165) is 24.9 Å². The minimum Gasteiger partial charge on any atom is -0.387 e. The fourth-order valence-electron chi connectivity index (χ4n) is 3.02. The van der Waals surface area contributed by atoms with Crippen LogP contribution in [-0.2, 0) is 13.0 Å². The SMILES string of the molecule is Cc1cccc(CN[C@H]2CCc3ccccc3[C@@H]2O)c1. The second-order valence-electron chi connectivity index (χ2n) is 5.66. The summed E-state index contributed by atoms with van der Waals surface area (Å²) in [5.41, 5.74) is 4.92. The van der Waals surface area contributed by atoms with E-state index < -0.39 is 6.10 Å². The molecule has 0 saturated heterocycles. The van der Waals surface area contributed by atoms with Crippen molar-refractivity contribution in [1.82, 2.24) is 5.32 Å². The topological polar surface area (TPSA) is 32.3 Å². The third-order valence-electron chi connectivity index (χ3n) is 4.13. The summed E-state index contributed by atoms with van der Waals surface area (Å²) in [6.45, 7) is 2.92. The minimum atomic E-state index is -0.398. The average molecular weight is 267 g/mol. The summed E-state index contributed by atoms with van der Waals surface area (Å²) in [6.07, 6.45) is 1.63. The van der Waals surface area contributed by atoms with Crippen molar-refractivity contribution in [2.45, 2.75) is 38.5 Å². The molecule has 1 aliphatic carbocycles. The van der Waals surface area contributed by atoms with E-state index in [1.165, 1.54) is 16.7 Å². The third-order valence-corrected chi connectivity index (χ3v) is 4.13. The Labute approximate surface area is 120 Å². The first-order chi connectivity index (χ1) is 9.74. The van der Waals surface area contributed by atoms with Crippen LogP contribution in [-0.4, -0.2) is 11.1 Å². The van der Waals surface area contributed by atoms with E-state index in [1.54, 1.807) is 0 Å². The third kappa shape index (κ3) is 2.77. The van der Waals surface area contributed by atoms with Gasteiger partial charge in [-0.05, 0) is 36.5 Å². The van der Waals surface area contributed by atoms with Crippen molar-refractivity contribution in [2.24, 2.45) is 0 Å². The number of fused-ring (bicyclic) bond motifs is 1. The van der Waals surface area contributed by atoms with Crippen LogP contribution in [0.4, 0.5) is 0 Å². The average Bonchev–Trinajstić information content (AvgIpc) is 2.47. The van der Waals surface area contributed by atoms with Gasteiger partial charge in [0, 0.05) is 12.6 Å². The lowest BCUT2D eigenvalue weighted by Crippen LogP contribution is -2.38. The Bertz CT molecular complexity index is 593. The predicted molar refractivity (Wildman–Crippen MR) is 81.5 cm³/mol. The summed E-state index contributed by atoms with van der Waals surface area (Å²) < 4.78 is 0. The summed E-state index contributed by atoms with van der Waals surface area (Å²) in [5, 5.41) is 14.0. The van der Waals surface area contributed by atoms with Crippen LogP contribution in [0.5, 0.6) is 0 Å². The standard InChI is InChI=1S/C18H21NO/c1-13-5-4-6-14(11-13)12-19-17-10-9-15-7-2-3-8-16(15)18(17)20/h2-8,11,17-20H,9-10,12H2,1H3/t17-,18-/m0/s1. The maximum atomic E-state index is 10.5. The number of hydrogen-bond donors (Lipinski definition) is 2. The lowest BCUT2D eigenvalue weighted by molar-refractivity contribution is 0.114. The van der Waals surface area contributed by atoms with Gasteiger partial charge in [-0.2, -0.15) is 0 Å². The van der Waals surface area contributed by atoms with E-state index >= 15 is 0 Å². The fraction of sp³-hybridized carbons (Fsp3) is 0.333. The molecule has 2 heteroatoms. The minimum absolute atomic E-state index is 0.144. The van der Waals surface area contributed by atoms with E-state index in [-0.39, 0.29) is 6.04 Å². The lowest BCUT2D eigenvalue weighted by Gasteiger charge is -2.31. The summed E-state index contributed by atoms with van der Waals surface area (Å²) in [6, 6.07) is 16.9. The molecule has 0 bridgehead atoms. The monoisotopic (exact) mass is 267 g/mol. The summed E-state index contributed by atoms with van der Waals surface area (Å²) in [4.78, 5) is 0. The van der Waals surface area contributed by atoms with Gasteiger partial charge in [-0.15, -0.1) is 0 Å². The van der Waals surface area contributed by atoms with E-state index in [4.69, 9.17) is 0 Å². The van der Waals surface area contributed by atoms with Crippen LogP contribution in [0.15, 0.2) is 48.5 Å². The predicted octanol–water partition coefficient (Wildman–Crippen LogP) is 3.13. The molecule has 2 aromatic carbocycles. The number of benzene rings is 2. The molecule has 0 radical (unpaired) electrons. The zero-order chi connectivity index (χ0) is 13.9. The molecule has 0 unspecified atom stereocenters. The lowest BCUT2D eigenvalue weighted by atomic mass is 9.86. The Morgan fingerprint density at radius 1 is 1.15 bits per heavy atom. The van der Waals surface area contributed by atoms with Gasteiger partial charge in [-0.25, -0.2) is 0 Å². The molecule has 0 spiro atoms. The van der Waals surface area contributed by atoms with Gasteiger partial charge < -0.3 is 10.4 Å². The van der Waals surface area contributed by atoms with Gasteiger partial charge in [0.1, 0.15) is 0 Å². The highest BCUT2D eigenvalue weighted by Gasteiger charge is 2.26. The van der Waals surface area contributed by atoms with E-state index in [2.05, 4.69) is 42.6 Å². The highest BCUT2D eigenvalue weighted by atomic mass is 16.3. The first-order valence-corrected chi connectivity index (χ1v) is 7.29. The van der Waals surface area contributed by atoms with Crippen molar-refractivity contribution in [2.75, 3.05) is 0 Å². The summed E-state index contributed by atoms with van der Waals surface area (Å²) >= 11 is 0. The van der Waals surface area contributed by atoms with Crippen LogP contribution >= 0.6 is 0 Å². The highest BCUT2D eigenvalue weighted by molar-refractivity contribution is 5.32. The van der Waals surface area contributed by atoms with Crippen LogP contribution in [0.25, 0.3) is 0 Å². The molecule has 0 aliphatic heterocycles. The van der Waals surface area contributed by atoms with Gasteiger partial charge in [0.25, 0.3) is 0 Å². The first-order valence-electron chi connectivity index (χ1n) is 7.29. The summed E-state index contributed by atoms with van der Waals surface area (Å²) in [5.74, 6) is 0. The molecule has 0 amide bonds. The molecule has 104 valence electrons.